The average molecular weight is 373 g/mol. The van der Waals surface area contributed by atoms with Crippen LogP contribution >= 0.6 is 0 Å². The molecule has 1 aliphatic rings. The molecule has 0 aliphatic carbocycles. The third kappa shape index (κ3) is 3.84. The van der Waals surface area contributed by atoms with Crippen LogP contribution in [0, 0.1) is 22.9 Å². The fourth-order valence-corrected chi connectivity index (χ4v) is 3.31. The number of anilines is 2. The molecule has 142 valence electrons. The van der Waals surface area contributed by atoms with E-state index in [9.17, 15) is 19.3 Å². The second kappa shape index (κ2) is 7.61. The number of carbonyl (C=O) groups is 1. The van der Waals surface area contributed by atoms with Gasteiger partial charge >= 0.3 is 0 Å². The summed E-state index contributed by atoms with van der Waals surface area (Å²) in [5.41, 5.74) is 1.39. The summed E-state index contributed by atoms with van der Waals surface area (Å²) in [4.78, 5) is 24.6. The number of benzene rings is 2. The minimum absolute atomic E-state index is 0.189. The number of ether oxygens (including phenoxy) is 1. The molecule has 1 unspecified atom stereocenters. The maximum absolute atomic E-state index is 14.4. The van der Waals surface area contributed by atoms with E-state index >= 15 is 0 Å². The molecule has 1 saturated heterocycles. The Morgan fingerprint density at radius 3 is 2.78 bits per heavy atom. The van der Waals surface area contributed by atoms with Gasteiger partial charge in [-0.2, -0.15) is 0 Å². The monoisotopic (exact) mass is 373 g/mol. The van der Waals surface area contributed by atoms with Gasteiger partial charge < -0.3 is 15.0 Å². The van der Waals surface area contributed by atoms with Crippen molar-refractivity contribution in [2.45, 2.75) is 25.8 Å². The molecule has 2 aromatic carbocycles. The maximum atomic E-state index is 14.4. The lowest BCUT2D eigenvalue weighted by atomic mass is 10.1. The van der Waals surface area contributed by atoms with E-state index in [0.717, 1.165) is 18.1 Å². The number of hydrogen-bond acceptors (Lipinski definition) is 5. The van der Waals surface area contributed by atoms with E-state index in [-0.39, 0.29) is 17.3 Å². The van der Waals surface area contributed by atoms with Crippen LogP contribution in [-0.2, 0) is 4.79 Å². The van der Waals surface area contributed by atoms with Crippen molar-refractivity contribution in [2.75, 3.05) is 23.9 Å². The first-order valence-electron chi connectivity index (χ1n) is 8.57. The lowest BCUT2D eigenvalue weighted by Crippen LogP contribution is -2.40. The number of nitro groups is 1. The first kappa shape index (κ1) is 18.6. The molecule has 1 atom stereocenters. The first-order chi connectivity index (χ1) is 12.9. The van der Waals surface area contributed by atoms with E-state index in [4.69, 9.17) is 4.74 Å². The van der Waals surface area contributed by atoms with Gasteiger partial charge in [0.05, 0.1) is 29.5 Å². The van der Waals surface area contributed by atoms with E-state index in [1.165, 1.54) is 19.2 Å². The van der Waals surface area contributed by atoms with Crippen molar-refractivity contribution in [2.24, 2.45) is 0 Å². The van der Waals surface area contributed by atoms with Crippen molar-refractivity contribution in [1.82, 2.24) is 0 Å². The fraction of sp³-hybridized carbons (Fsp3) is 0.316. The van der Waals surface area contributed by atoms with Gasteiger partial charge in [0.25, 0.3) is 5.69 Å². The van der Waals surface area contributed by atoms with Gasteiger partial charge in [0.1, 0.15) is 11.8 Å². The Kier molecular flexibility index (Phi) is 5.25. The molecule has 1 N–H and O–H groups in total. The summed E-state index contributed by atoms with van der Waals surface area (Å²) in [5.74, 6) is -0.439. The second-order valence-electron chi connectivity index (χ2n) is 6.44. The van der Waals surface area contributed by atoms with E-state index < -0.39 is 16.8 Å². The molecule has 2 aromatic rings. The van der Waals surface area contributed by atoms with E-state index in [1.807, 2.05) is 19.1 Å². The van der Waals surface area contributed by atoms with E-state index in [2.05, 4.69) is 5.32 Å². The molecule has 1 amide bonds. The zero-order chi connectivity index (χ0) is 19.6. The molecule has 1 heterocycles. The van der Waals surface area contributed by atoms with Gasteiger partial charge in [0.2, 0.25) is 5.91 Å². The summed E-state index contributed by atoms with van der Waals surface area (Å²) in [5, 5.41) is 13.7. The first-order valence-corrected chi connectivity index (χ1v) is 8.57. The fourth-order valence-electron chi connectivity index (χ4n) is 3.31. The summed E-state index contributed by atoms with van der Waals surface area (Å²) >= 11 is 0. The zero-order valence-corrected chi connectivity index (χ0v) is 15.1. The van der Waals surface area contributed by atoms with Gasteiger partial charge in [-0.05, 0) is 43.5 Å². The molecular weight excluding hydrogens is 353 g/mol. The van der Waals surface area contributed by atoms with Gasteiger partial charge in [-0.3, -0.25) is 14.9 Å². The molecule has 1 fully saturated rings. The molecule has 8 heteroatoms. The number of non-ortho nitro benzene ring substituents is 1. The van der Waals surface area contributed by atoms with Crippen molar-refractivity contribution in [1.29, 1.82) is 0 Å². The van der Waals surface area contributed by atoms with Crippen LogP contribution in [0.5, 0.6) is 5.75 Å². The van der Waals surface area contributed by atoms with Crippen molar-refractivity contribution < 1.29 is 18.8 Å². The normalized spacial score (nSPS) is 16.3. The van der Waals surface area contributed by atoms with Crippen molar-refractivity contribution in [3.05, 3.63) is 57.9 Å². The summed E-state index contributed by atoms with van der Waals surface area (Å²) < 4.78 is 19.7. The molecule has 0 spiro atoms. The van der Waals surface area contributed by atoms with E-state index in [1.54, 1.807) is 11.0 Å². The van der Waals surface area contributed by atoms with Crippen LogP contribution in [0.3, 0.4) is 0 Å². The molecule has 0 radical (unpaired) electrons. The Labute approximate surface area is 155 Å². The topological polar surface area (TPSA) is 84.7 Å². The van der Waals surface area contributed by atoms with Crippen LogP contribution in [0.15, 0.2) is 36.4 Å². The van der Waals surface area contributed by atoms with Gasteiger partial charge in [-0.25, -0.2) is 4.39 Å². The number of nitrogens with one attached hydrogen (secondary N) is 1. The number of hydrogen-bond donors (Lipinski definition) is 1. The highest BCUT2D eigenvalue weighted by Crippen LogP contribution is 2.32. The highest BCUT2D eigenvalue weighted by atomic mass is 19.1. The third-order valence-corrected chi connectivity index (χ3v) is 4.62. The highest BCUT2D eigenvalue weighted by molar-refractivity contribution is 5.98. The quantitative estimate of drug-likeness (QED) is 0.639. The van der Waals surface area contributed by atoms with Crippen LogP contribution in [0.2, 0.25) is 0 Å². The smallest absolute Gasteiger partial charge is 0.272 e. The number of nitrogens with zero attached hydrogens (tertiary/aromatic N) is 2. The zero-order valence-electron chi connectivity index (χ0n) is 15.1. The minimum Gasteiger partial charge on any atom is -0.495 e. The number of carbonyl (C=O) groups excluding carboxylic acids is 1. The molecule has 3 rings (SSSR count). The molecular formula is C19H20FN3O4. The van der Waals surface area contributed by atoms with Crippen LogP contribution in [0.4, 0.5) is 21.5 Å². The Bertz CT molecular complexity index is 887. The number of halogens is 1. The van der Waals surface area contributed by atoms with Crippen LogP contribution in [-0.4, -0.2) is 30.5 Å². The Hall–Kier alpha value is -3.16. The van der Waals surface area contributed by atoms with Gasteiger partial charge in [-0.15, -0.1) is 0 Å². The van der Waals surface area contributed by atoms with Gasteiger partial charge in [0, 0.05) is 12.6 Å². The largest absolute Gasteiger partial charge is 0.495 e. The number of amides is 1. The second-order valence-corrected chi connectivity index (χ2v) is 6.44. The van der Waals surface area contributed by atoms with Gasteiger partial charge in [-0.1, -0.05) is 6.07 Å². The van der Waals surface area contributed by atoms with Crippen LogP contribution in [0.25, 0.3) is 0 Å². The average Bonchev–Trinajstić information content (AvgIpc) is 3.11. The molecule has 27 heavy (non-hydrogen) atoms. The summed E-state index contributed by atoms with van der Waals surface area (Å²) in [6.45, 7) is 2.40. The van der Waals surface area contributed by atoms with Crippen molar-refractivity contribution >= 4 is 23.0 Å². The van der Waals surface area contributed by atoms with E-state index in [0.29, 0.717) is 24.4 Å². The molecule has 0 saturated carbocycles. The lowest BCUT2D eigenvalue weighted by Gasteiger charge is -2.26. The van der Waals surface area contributed by atoms with Crippen LogP contribution < -0.4 is 15.0 Å². The number of nitro benzene ring substituents is 1. The SMILES string of the molecule is COc1ccc(C)cc1NC(=O)C1CCCN1c1ccc([N+](=O)[O-])cc1F. The standard InChI is InChI=1S/C19H20FN3O4/c1-12-5-8-18(27-2)15(10-12)21-19(24)17-4-3-9-22(17)16-7-6-13(23(25)26)11-14(16)20/h5-8,10-11,17H,3-4,9H2,1-2H3,(H,21,24). The van der Waals surface area contributed by atoms with Crippen molar-refractivity contribution in [3.8, 4) is 5.75 Å². The predicted octanol–water partition coefficient (Wildman–Crippen LogP) is 3.66. The highest BCUT2D eigenvalue weighted by Gasteiger charge is 2.33. The maximum Gasteiger partial charge on any atom is 0.272 e. The number of rotatable bonds is 5. The Balaban J connectivity index is 1.83. The van der Waals surface area contributed by atoms with Crippen LogP contribution in [0.1, 0.15) is 18.4 Å². The number of methoxy groups -OCH3 is 1. The molecule has 0 bridgehead atoms. The van der Waals surface area contributed by atoms with Crippen molar-refractivity contribution in [3.63, 3.8) is 0 Å². The van der Waals surface area contributed by atoms with Gasteiger partial charge in [0.15, 0.2) is 5.82 Å². The summed E-state index contributed by atoms with van der Waals surface area (Å²) in [6.07, 6.45) is 1.29. The summed E-state index contributed by atoms with van der Waals surface area (Å²) in [6, 6.07) is 8.37. The molecule has 7 nitrogen and oxygen atoms in total. The summed E-state index contributed by atoms with van der Waals surface area (Å²) in [7, 11) is 1.52. The predicted molar refractivity (Wildman–Crippen MR) is 99.8 cm³/mol. The molecule has 0 aromatic heterocycles. The molecule has 1 aliphatic heterocycles. The number of aryl methyl sites for hydroxylation is 1. The lowest BCUT2D eigenvalue weighted by molar-refractivity contribution is -0.385. The minimum atomic E-state index is -0.711. The Morgan fingerprint density at radius 1 is 1.33 bits per heavy atom. The third-order valence-electron chi connectivity index (χ3n) is 4.62. The Morgan fingerprint density at radius 2 is 2.11 bits per heavy atom.